The van der Waals surface area contributed by atoms with Crippen LogP contribution >= 0.6 is 0 Å². The molecule has 0 fully saturated rings. The summed E-state index contributed by atoms with van der Waals surface area (Å²) in [6.45, 7) is 15.0. The van der Waals surface area contributed by atoms with Crippen LogP contribution in [0.4, 0.5) is 0 Å². The standard InChI is InChI=1S/C14H30O6/c1-9-13(5,6)19-17-11(3)15-16-12(4)18-20-14(7,8)10-2/h11-12H,9-10H2,1-8H3. The molecule has 2 atom stereocenters. The lowest BCUT2D eigenvalue weighted by Crippen LogP contribution is -2.29. The Morgan fingerprint density at radius 2 is 0.950 bits per heavy atom. The second-order valence-corrected chi connectivity index (χ2v) is 5.91. The van der Waals surface area contributed by atoms with Crippen molar-refractivity contribution in [1.82, 2.24) is 0 Å². The van der Waals surface area contributed by atoms with Gasteiger partial charge in [-0.15, -0.1) is 0 Å². The highest BCUT2D eigenvalue weighted by Gasteiger charge is 2.21. The lowest BCUT2D eigenvalue weighted by Gasteiger charge is -2.25. The van der Waals surface area contributed by atoms with Crippen LogP contribution in [0.15, 0.2) is 0 Å². The average molecular weight is 294 g/mol. The molecular formula is C14H30O6. The third kappa shape index (κ3) is 9.63. The fourth-order valence-corrected chi connectivity index (χ4v) is 0.702. The van der Waals surface area contributed by atoms with Gasteiger partial charge in [0.05, 0.1) is 11.2 Å². The predicted octanol–water partition coefficient (Wildman–Crippen LogP) is 3.90. The second-order valence-electron chi connectivity index (χ2n) is 5.91. The molecule has 0 N–H and O–H groups in total. The molecule has 6 nitrogen and oxygen atoms in total. The summed E-state index contributed by atoms with van der Waals surface area (Å²) in [5.41, 5.74) is -0.734. The van der Waals surface area contributed by atoms with Crippen molar-refractivity contribution in [3.05, 3.63) is 0 Å². The van der Waals surface area contributed by atoms with E-state index < -0.39 is 12.6 Å². The third-order valence-electron chi connectivity index (χ3n) is 2.85. The van der Waals surface area contributed by atoms with E-state index in [0.717, 1.165) is 12.8 Å². The first-order valence-electron chi connectivity index (χ1n) is 7.13. The fraction of sp³-hybridized carbons (Fsp3) is 1.00. The Morgan fingerprint density at radius 3 is 1.20 bits per heavy atom. The molecule has 20 heavy (non-hydrogen) atoms. The molecule has 0 aromatic carbocycles. The molecule has 0 aliphatic carbocycles. The van der Waals surface area contributed by atoms with Crippen LogP contribution in [0.5, 0.6) is 0 Å². The Bertz CT molecular complexity index is 228. The van der Waals surface area contributed by atoms with Crippen LogP contribution in [0.1, 0.15) is 68.2 Å². The first kappa shape index (κ1) is 19.8. The highest BCUT2D eigenvalue weighted by Crippen LogP contribution is 2.17. The Balaban J connectivity index is 3.81. The van der Waals surface area contributed by atoms with Gasteiger partial charge >= 0.3 is 0 Å². The molecule has 0 aliphatic heterocycles. The summed E-state index contributed by atoms with van der Waals surface area (Å²) < 4.78 is 0. The maximum Gasteiger partial charge on any atom is 0.221 e. The molecule has 0 aromatic rings. The van der Waals surface area contributed by atoms with Crippen LogP contribution in [-0.4, -0.2) is 23.8 Å². The number of rotatable bonds is 11. The molecule has 6 heteroatoms. The van der Waals surface area contributed by atoms with Gasteiger partial charge in [0.2, 0.25) is 12.6 Å². The van der Waals surface area contributed by atoms with Crippen molar-refractivity contribution >= 4 is 0 Å². The molecule has 0 amide bonds. The Morgan fingerprint density at radius 1 is 0.650 bits per heavy atom. The molecule has 122 valence electrons. The van der Waals surface area contributed by atoms with Crippen molar-refractivity contribution in [2.75, 3.05) is 0 Å². The number of hydrogen-bond acceptors (Lipinski definition) is 6. The van der Waals surface area contributed by atoms with Crippen LogP contribution in [-0.2, 0) is 29.3 Å². The molecule has 0 rings (SSSR count). The van der Waals surface area contributed by atoms with E-state index in [1.165, 1.54) is 0 Å². The highest BCUT2D eigenvalue weighted by molar-refractivity contribution is 4.62. The van der Waals surface area contributed by atoms with Gasteiger partial charge in [0.25, 0.3) is 0 Å². The summed E-state index contributed by atoms with van der Waals surface area (Å²) in [5, 5.41) is 0. The molecule has 0 spiro atoms. The number of hydrogen-bond donors (Lipinski definition) is 0. The molecule has 0 aromatic heterocycles. The van der Waals surface area contributed by atoms with E-state index in [-0.39, 0.29) is 11.2 Å². The van der Waals surface area contributed by atoms with Crippen molar-refractivity contribution in [3.63, 3.8) is 0 Å². The lowest BCUT2D eigenvalue weighted by atomic mass is 10.1. The zero-order valence-corrected chi connectivity index (χ0v) is 14.0. The third-order valence-corrected chi connectivity index (χ3v) is 2.85. The highest BCUT2D eigenvalue weighted by atomic mass is 17.3. The smallest absolute Gasteiger partial charge is 0.221 e. The topological polar surface area (TPSA) is 55.4 Å². The van der Waals surface area contributed by atoms with Gasteiger partial charge in [-0.2, -0.15) is 9.78 Å². The second kappa shape index (κ2) is 8.92. The minimum atomic E-state index is -0.675. The predicted molar refractivity (Wildman–Crippen MR) is 74.2 cm³/mol. The van der Waals surface area contributed by atoms with E-state index in [2.05, 4.69) is 0 Å². The zero-order chi connectivity index (χ0) is 15.8. The van der Waals surface area contributed by atoms with E-state index >= 15 is 0 Å². The van der Waals surface area contributed by atoms with Gasteiger partial charge in [0.15, 0.2) is 0 Å². The van der Waals surface area contributed by atoms with Crippen molar-refractivity contribution in [1.29, 1.82) is 0 Å². The van der Waals surface area contributed by atoms with Gasteiger partial charge in [0, 0.05) is 0 Å². The van der Waals surface area contributed by atoms with Gasteiger partial charge in [-0.1, -0.05) is 13.8 Å². The molecule has 0 saturated heterocycles. The maximum absolute atomic E-state index is 5.23. The van der Waals surface area contributed by atoms with Crippen molar-refractivity contribution in [2.45, 2.75) is 92.0 Å². The van der Waals surface area contributed by atoms with E-state index in [4.69, 9.17) is 29.3 Å². The molecule has 0 heterocycles. The van der Waals surface area contributed by atoms with Gasteiger partial charge in [-0.05, 0) is 54.4 Å². The SMILES string of the molecule is CCC(C)(C)OOC(C)OOC(C)OOC(C)(C)CC. The van der Waals surface area contributed by atoms with Crippen LogP contribution in [0.3, 0.4) is 0 Å². The average Bonchev–Trinajstić information content (AvgIpc) is 2.40. The van der Waals surface area contributed by atoms with Gasteiger partial charge in [-0.25, -0.2) is 19.6 Å². The zero-order valence-electron chi connectivity index (χ0n) is 14.0. The van der Waals surface area contributed by atoms with Gasteiger partial charge in [-0.3, -0.25) is 0 Å². The minimum Gasteiger partial charge on any atom is -0.228 e. The van der Waals surface area contributed by atoms with E-state index in [1.807, 2.05) is 41.5 Å². The summed E-state index contributed by atoms with van der Waals surface area (Å²) in [4.78, 5) is 30.6. The first-order valence-corrected chi connectivity index (χ1v) is 7.13. The Labute approximate surface area is 122 Å². The molecule has 0 bridgehead atoms. The summed E-state index contributed by atoms with van der Waals surface area (Å²) >= 11 is 0. The molecule has 0 radical (unpaired) electrons. The molecule has 2 unspecified atom stereocenters. The first-order chi connectivity index (χ1) is 9.12. The largest absolute Gasteiger partial charge is 0.228 e. The normalized spacial score (nSPS) is 16.2. The summed E-state index contributed by atoms with van der Waals surface area (Å²) in [6.07, 6.45) is 0.289. The Kier molecular flexibility index (Phi) is 8.81. The van der Waals surface area contributed by atoms with Crippen molar-refractivity contribution in [2.24, 2.45) is 0 Å². The minimum absolute atomic E-state index is 0.367. The quantitative estimate of drug-likeness (QED) is 0.327. The van der Waals surface area contributed by atoms with Crippen LogP contribution in [0.2, 0.25) is 0 Å². The van der Waals surface area contributed by atoms with Crippen LogP contribution in [0, 0.1) is 0 Å². The van der Waals surface area contributed by atoms with E-state index in [1.54, 1.807) is 13.8 Å². The van der Waals surface area contributed by atoms with Crippen molar-refractivity contribution < 1.29 is 29.3 Å². The molecule has 0 aliphatic rings. The lowest BCUT2D eigenvalue weighted by molar-refractivity contribution is -0.531. The molecule has 0 saturated carbocycles. The summed E-state index contributed by atoms with van der Waals surface area (Å²) in [7, 11) is 0. The van der Waals surface area contributed by atoms with Crippen molar-refractivity contribution in [3.8, 4) is 0 Å². The fourth-order valence-electron chi connectivity index (χ4n) is 0.702. The maximum atomic E-state index is 5.23. The Hall–Kier alpha value is -0.240. The van der Waals surface area contributed by atoms with Gasteiger partial charge < -0.3 is 0 Å². The van der Waals surface area contributed by atoms with Gasteiger partial charge in [0.1, 0.15) is 0 Å². The van der Waals surface area contributed by atoms with Crippen LogP contribution in [0.25, 0.3) is 0 Å². The monoisotopic (exact) mass is 294 g/mol. The summed E-state index contributed by atoms with van der Waals surface area (Å²) in [5.74, 6) is 0. The molecular weight excluding hydrogens is 264 g/mol. The van der Waals surface area contributed by atoms with E-state index in [0.29, 0.717) is 0 Å². The van der Waals surface area contributed by atoms with E-state index in [9.17, 15) is 0 Å². The summed E-state index contributed by atoms with van der Waals surface area (Å²) in [6, 6.07) is 0. The van der Waals surface area contributed by atoms with Crippen LogP contribution < -0.4 is 0 Å².